The van der Waals surface area contributed by atoms with Crippen LogP contribution >= 0.6 is 8.18 Å². The van der Waals surface area contributed by atoms with Gasteiger partial charge in [0.15, 0.2) is 6.04 Å². The Balaban J connectivity index is 4.37. The van der Waals surface area contributed by atoms with Gasteiger partial charge in [-0.1, -0.05) is 4.67 Å². The molecule has 0 aliphatic rings. The minimum Gasteiger partial charge on any atom is -0.481 e. The van der Waals surface area contributed by atoms with Crippen molar-refractivity contribution in [3.8, 4) is 0 Å². The SMILES string of the molecule is CN([C@@H](CCC(=O)O)C(=O)O)[P+](=O)O. The van der Waals surface area contributed by atoms with Gasteiger partial charge < -0.3 is 10.2 Å². The average molecular weight is 224 g/mol. The molecule has 0 fully saturated rings. The maximum atomic E-state index is 10.6. The third kappa shape index (κ3) is 4.27. The molecule has 0 saturated carbocycles. The number of aliphatic carboxylic acids is 2. The highest BCUT2D eigenvalue weighted by molar-refractivity contribution is 7.35. The fraction of sp³-hybridized carbons (Fsp3) is 0.667. The second-order valence-corrected chi connectivity index (χ2v) is 3.75. The lowest BCUT2D eigenvalue weighted by atomic mass is 10.1. The van der Waals surface area contributed by atoms with Gasteiger partial charge in [-0.25, -0.2) is 0 Å². The van der Waals surface area contributed by atoms with Crippen molar-refractivity contribution in [2.24, 2.45) is 0 Å². The number of nitrogens with zero attached hydrogens (tertiary/aromatic N) is 1. The fourth-order valence-corrected chi connectivity index (χ4v) is 1.30. The zero-order valence-electron chi connectivity index (χ0n) is 7.45. The van der Waals surface area contributed by atoms with Gasteiger partial charge in [-0.15, -0.1) is 4.89 Å². The van der Waals surface area contributed by atoms with Crippen LogP contribution in [0.15, 0.2) is 0 Å². The van der Waals surface area contributed by atoms with Crippen molar-refractivity contribution in [2.45, 2.75) is 18.9 Å². The Hall–Kier alpha value is -1.04. The Morgan fingerprint density at radius 2 is 1.93 bits per heavy atom. The van der Waals surface area contributed by atoms with Crippen molar-refractivity contribution in [3.63, 3.8) is 0 Å². The topological polar surface area (TPSA) is 115 Å². The summed E-state index contributed by atoms with van der Waals surface area (Å²) in [5.41, 5.74) is 0. The highest BCUT2D eigenvalue weighted by Crippen LogP contribution is 2.24. The molecule has 0 amide bonds. The summed E-state index contributed by atoms with van der Waals surface area (Å²) in [6, 6.07) is -1.25. The summed E-state index contributed by atoms with van der Waals surface area (Å²) in [4.78, 5) is 29.4. The number of hydrogen-bond donors (Lipinski definition) is 3. The first kappa shape index (κ1) is 13.0. The molecule has 0 rings (SSSR count). The van der Waals surface area contributed by atoms with Crippen molar-refractivity contribution in [2.75, 3.05) is 7.05 Å². The van der Waals surface area contributed by atoms with Crippen molar-refractivity contribution in [3.05, 3.63) is 0 Å². The van der Waals surface area contributed by atoms with E-state index in [0.717, 1.165) is 11.7 Å². The molecule has 0 aliphatic carbocycles. The Kier molecular flexibility index (Phi) is 5.22. The normalized spacial score (nSPS) is 13.8. The second-order valence-electron chi connectivity index (χ2n) is 2.61. The number of hydrogen-bond acceptors (Lipinski definition) is 3. The smallest absolute Gasteiger partial charge is 0.481 e. The first-order chi connectivity index (χ1) is 6.36. The number of carboxylic acid groups (broad SMARTS) is 2. The van der Waals surface area contributed by atoms with Gasteiger partial charge in [0.2, 0.25) is 0 Å². The van der Waals surface area contributed by atoms with E-state index in [4.69, 9.17) is 15.1 Å². The summed E-state index contributed by atoms with van der Waals surface area (Å²) >= 11 is 0. The summed E-state index contributed by atoms with van der Waals surface area (Å²) in [5.74, 6) is -2.45. The van der Waals surface area contributed by atoms with Crippen molar-refractivity contribution >= 4 is 20.1 Å². The van der Waals surface area contributed by atoms with Crippen LogP contribution in [-0.4, -0.2) is 44.8 Å². The maximum Gasteiger partial charge on any atom is 0.613 e. The lowest BCUT2D eigenvalue weighted by molar-refractivity contribution is -0.142. The van der Waals surface area contributed by atoms with Crippen molar-refractivity contribution in [1.29, 1.82) is 0 Å². The Morgan fingerprint density at radius 1 is 1.43 bits per heavy atom. The van der Waals surface area contributed by atoms with E-state index in [2.05, 4.69) is 0 Å². The van der Waals surface area contributed by atoms with Crippen LogP contribution in [0.3, 0.4) is 0 Å². The molecular weight excluding hydrogens is 213 g/mol. The third-order valence-corrected chi connectivity index (χ3v) is 2.46. The summed E-state index contributed by atoms with van der Waals surface area (Å²) in [5, 5.41) is 16.9. The monoisotopic (exact) mass is 224 g/mol. The molecule has 0 aromatic rings. The molecule has 0 spiro atoms. The van der Waals surface area contributed by atoms with Gasteiger partial charge in [0, 0.05) is 13.5 Å². The van der Waals surface area contributed by atoms with Crippen LogP contribution < -0.4 is 0 Å². The second kappa shape index (κ2) is 5.64. The van der Waals surface area contributed by atoms with E-state index in [-0.39, 0.29) is 12.8 Å². The summed E-state index contributed by atoms with van der Waals surface area (Å²) < 4.78 is 11.3. The lowest BCUT2D eigenvalue weighted by Gasteiger charge is -2.11. The summed E-state index contributed by atoms with van der Waals surface area (Å²) in [7, 11) is -1.60. The fourth-order valence-electron chi connectivity index (χ4n) is 0.850. The van der Waals surface area contributed by atoms with E-state index >= 15 is 0 Å². The molecular formula is C6H11NO6P+. The minimum absolute atomic E-state index is 0.206. The molecule has 0 aromatic carbocycles. The molecule has 80 valence electrons. The number of carboxylic acids is 2. The van der Waals surface area contributed by atoms with E-state index in [1.54, 1.807) is 0 Å². The van der Waals surface area contributed by atoms with Gasteiger partial charge in [0.25, 0.3) is 0 Å². The highest BCUT2D eigenvalue weighted by Gasteiger charge is 2.35. The molecule has 3 N–H and O–H groups in total. The van der Waals surface area contributed by atoms with Crippen LogP contribution in [0.5, 0.6) is 0 Å². The van der Waals surface area contributed by atoms with Gasteiger partial charge in [-0.3, -0.25) is 9.59 Å². The molecule has 0 bridgehead atoms. The van der Waals surface area contributed by atoms with Gasteiger partial charge >= 0.3 is 20.1 Å². The van der Waals surface area contributed by atoms with E-state index in [1.165, 1.54) is 0 Å². The maximum absolute atomic E-state index is 10.6. The average Bonchev–Trinajstić information content (AvgIpc) is 2.02. The Bertz CT molecular complexity index is 255. The Labute approximate surface area is 80.9 Å². The van der Waals surface area contributed by atoms with E-state index in [0.29, 0.717) is 0 Å². The first-order valence-electron chi connectivity index (χ1n) is 3.69. The zero-order valence-corrected chi connectivity index (χ0v) is 8.35. The van der Waals surface area contributed by atoms with Gasteiger partial charge in [-0.05, 0) is 11.0 Å². The molecule has 0 heterocycles. The predicted octanol–water partition coefficient (Wildman–Crippen LogP) is -0.114. The molecule has 14 heavy (non-hydrogen) atoms. The number of likely N-dealkylation sites (N-methyl/N-ethyl adjacent to an activating group) is 1. The summed E-state index contributed by atoms with van der Waals surface area (Å²) in [6.45, 7) is 0. The van der Waals surface area contributed by atoms with Crippen LogP contribution in [0.4, 0.5) is 0 Å². The van der Waals surface area contributed by atoms with Crippen LogP contribution in [-0.2, 0) is 14.2 Å². The number of rotatable bonds is 6. The summed E-state index contributed by atoms with van der Waals surface area (Å²) in [6.07, 6.45) is -0.562. The number of carbonyl (C=O) groups is 2. The van der Waals surface area contributed by atoms with E-state index in [9.17, 15) is 14.2 Å². The predicted molar refractivity (Wildman–Crippen MR) is 45.9 cm³/mol. The zero-order chi connectivity index (χ0) is 11.3. The van der Waals surface area contributed by atoms with Crippen LogP contribution in [0.2, 0.25) is 0 Å². The molecule has 2 atom stereocenters. The van der Waals surface area contributed by atoms with Crippen LogP contribution in [0.1, 0.15) is 12.8 Å². The first-order valence-corrected chi connectivity index (χ1v) is 4.86. The molecule has 0 aromatic heterocycles. The molecule has 0 saturated heterocycles. The molecule has 1 unspecified atom stereocenters. The quantitative estimate of drug-likeness (QED) is 0.539. The standard InChI is InChI=1S/C6H10NO6P/c1-7(14(12)13)4(6(10)11)2-3-5(8)9/h4H,2-3H2,1H3,(H2-,8,9,10,11,12,13)/p+1/t4-/m0/s1. The van der Waals surface area contributed by atoms with Crippen molar-refractivity contribution in [1.82, 2.24) is 4.67 Å². The third-order valence-electron chi connectivity index (χ3n) is 1.64. The molecule has 0 aliphatic heterocycles. The molecule has 0 radical (unpaired) electrons. The molecule has 8 heteroatoms. The Morgan fingerprint density at radius 3 is 2.21 bits per heavy atom. The van der Waals surface area contributed by atoms with E-state index in [1.807, 2.05) is 0 Å². The van der Waals surface area contributed by atoms with E-state index < -0.39 is 26.2 Å². The largest absolute Gasteiger partial charge is 0.613 e. The highest BCUT2D eigenvalue weighted by atomic mass is 31.1. The lowest BCUT2D eigenvalue weighted by Crippen LogP contribution is -2.34. The van der Waals surface area contributed by atoms with Gasteiger partial charge in [-0.2, -0.15) is 0 Å². The van der Waals surface area contributed by atoms with Crippen molar-refractivity contribution < 1.29 is 29.3 Å². The minimum atomic E-state index is -2.75. The van der Waals surface area contributed by atoms with Gasteiger partial charge in [0.05, 0.1) is 0 Å². The molecule has 7 nitrogen and oxygen atoms in total. The van der Waals surface area contributed by atoms with Crippen LogP contribution in [0.25, 0.3) is 0 Å². The van der Waals surface area contributed by atoms with Gasteiger partial charge in [0.1, 0.15) is 0 Å². The van der Waals surface area contributed by atoms with Crippen LogP contribution in [0, 0.1) is 0 Å².